The number of aromatic nitrogens is 2. The van der Waals surface area contributed by atoms with Gasteiger partial charge in [0.15, 0.2) is 11.4 Å². The highest BCUT2D eigenvalue weighted by Gasteiger charge is 2.33. The van der Waals surface area contributed by atoms with E-state index in [0.29, 0.717) is 55.6 Å². The van der Waals surface area contributed by atoms with Crippen LogP contribution in [0.4, 0.5) is 17.1 Å². The predicted molar refractivity (Wildman–Crippen MR) is 259 cm³/mol. The second-order valence-electron chi connectivity index (χ2n) is 18.2. The summed E-state index contributed by atoms with van der Waals surface area (Å²) < 4.78 is 64.8. The van der Waals surface area contributed by atoms with E-state index < -0.39 is 47.2 Å². The molecule has 3 aliphatic heterocycles. The number of nitrogens with one attached hydrogen (secondary N) is 3. The van der Waals surface area contributed by atoms with E-state index in [9.17, 15) is 27.5 Å². The van der Waals surface area contributed by atoms with Crippen molar-refractivity contribution in [3.8, 4) is 17.2 Å². The van der Waals surface area contributed by atoms with E-state index in [-0.39, 0.29) is 41.3 Å². The number of pyridine rings is 1. The molecule has 5 aromatic rings. The normalized spacial score (nSPS) is 19.5. The molecule has 0 unspecified atom stereocenters. The molecule has 3 aromatic carbocycles. The summed E-state index contributed by atoms with van der Waals surface area (Å²) >= 11 is 6.25. The van der Waals surface area contributed by atoms with Crippen molar-refractivity contribution < 1.29 is 36.6 Å². The summed E-state index contributed by atoms with van der Waals surface area (Å²) in [5.74, 6) is 0.0620. The SMILES string of the molecule is CC1(C)CCC(CN2CCN(c3ccc(C(=O)NS(=O)(=O)c4cc5c(c([N+](=O)[O-])c4)N[C@H](CCN=S4(=O)CCOCC4)CO5)c(Oc4cnc5[nH]ccc5c4)c3)CC2)=C(c2ccc(Cl)cc2)C1. The number of nitrogens with zero attached hydrogens (tertiary/aromatic N) is 5. The average Bonchev–Trinajstić information content (AvgIpc) is 3.78. The number of H-pyrrole nitrogens is 1. The van der Waals surface area contributed by atoms with Gasteiger partial charge < -0.3 is 29.4 Å². The Morgan fingerprint density at radius 1 is 1.07 bits per heavy atom. The summed E-state index contributed by atoms with van der Waals surface area (Å²) in [4.78, 5) is 37.3. The first-order valence-corrected chi connectivity index (χ1v) is 26.1. The lowest BCUT2D eigenvalue weighted by Crippen LogP contribution is -2.47. The fourth-order valence-electron chi connectivity index (χ4n) is 9.03. The number of allylic oxidation sites excluding steroid dienone is 1. The number of fused-ring (bicyclic) bond motifs is 2. The summed E-state index contributed by atoms with van der Waals surface area (Å²) in [6, 6.07) is 18.3. The third kappa shape index (κ3) is 10.7. The molecule has 2 fully saturated rings. The van der Waals surface area contributed by atoms with Crippen molar-refractivity contribution in [2.24, 2.45) is 9.78 Å². The van der Waals surface area contributed by atoms with Crippen LogP contribution in [0.25, 0.3) is 16.6 Å². The van der Waals surface area contributed by atoms with E-state index in [1.54, 1.807) is 24.4 Å². The minimum atomic E-state index is -4.70. The van der Waals surface area contributed by atoms with E-state index in [0.717, 1.165) is 67.1 Å². The molecule has 9 rings (SSSR count). The van der Waals surface area contributed by atoms with Crippen LogP contribution in [0, 0.1) is 15.5 Å². The molecule has 20 heteroatoms. The van der Waals surface area contributed by atoms with Gasteiger partial charge in [-0.2, -0.15) is 0 Å². The van der Waals surface area contributed by atoms with Gasteiger partial charge in [-0.3, -0.25) is 19.8 Å². The largest absolute Gasteiger partial charge is 0.489 e. The number of benzene rings is 3. The zero-order chi connectivity index (χ0) is 46.9. The molecule has 1 aliphatic carbocycles. The summed E-state index contributed by atoms with van der Waals surface area (Å²) in [6.07, 6.45) is 6.79. The Morgan fingerprint density at radius 3 is 2.61 bits per heavy atom. The molecule has 1 atom stereocenters. The quantitative estimate of drug-likeness (QED) is 0.0758. The standard InChI is InChI=1S/C47H53ClN8O9S2/c1-47(2)12-9-33(40(27-47)31-3-5-34(48)6-4-31)29-54-15-17-55(18-16-54)36-7-8-39(42(24-36)65-37-23-32-10-13-49-45(32)50-28-37)46(57)53-67(61,62)38-25-41(56(58)59)44-43(26-38)64-30-35(52-44)11-14-51-66(60)21-19-63-20-22-66/h3-8,10,13,23-26,28,35,52H,9,11-12,14-22,27,29-30H2,1-2H3,(H,49,50)(H,53,57)/t35-/m1/s1. The smallest absolute Gasteiger partial charge is 0.297 e. The monoisotopic (exact) mass is 972 g/mol. The zero-order valence-corrected chi connectivity index (χ0v) is 39.7. The topological polar surface area (TPSA) is 211 Å². The predicted octanol–water partition coefficient (Wildman–Crippen LogP) is 7.88. The van der Waals surface area contributed by atoms with Gasteiger partial charge in [0.25, 0.3) is 21.6 Å². The molecule has 3 N–H and O–H groups in total. The van der Waals surface area contributed by atoms with Gasteiger partial charge in [0.2, 0.25) is 0 Å². The van der Waals surface area contributed by atoms with Crippen LogP contribution in [0.2, 0.25) is 5.02 Å². The third-order valence-electron chi connectivity index (χ3n) is 12.8. The van der Waals surface area contributed by atoms with Crippen LogP contribution in [-0.2, 0) is 24.5 Å². The molecule has 5 heterocycles. The van der Waals surface area contributed by atoms with Crippen LogP contribution in [0.5, 0.6) is 17.2 Å². The number of carbonyl (C=O) groups is 1. The van der Waals surface area contributed by atoms with Crippen molar-refractivity contribution in [1.82, 2.24) is 19.6 Å². The lowest BCUT2D eigenvalue weighted by atomic mass is 9.72. The average molecular weight is 974 g/mol. The van der Waals surface area contributed by atoms with Gasteiger partial charge in [-0.15, -0.1) is 0 Å². The minimum absolute atomic E-state index is 0.000287. The van der Waals surface area contributed by atoms with Gasteiger partial charge >= 0.3 is 0 Å². The number of amides is 1. The molecule has 0 radical (unpaired) electrons. The number of aromatic amines is 1. The number of piperazine rings is 1. The van der Waals surface area contributed by atoms with Crippen molar-refractivity contribution >= 4 is 70.9 Å². The van der Waals surface area contributed by atoms with Crippen molar-refractivity contribution in [2.75, 3.05) is 80.8 Å². The van der Waals surface area contributed by atoms with E-state index >= 15 is 0 Å². The maximum absolute atomic E-state index is 14.1. The molecule has 0 saturated carbocycles. The van der Waals surface area contributed by atoms with Crippen LogP contribution >= 0.6 is 11.6 Å². The molecule has 1 amide bonds. The maximum Gasteiger partial charge on any atom is 0.297 e. The molecule has 0 bridgehead atoms. The number of carbonyl (C=O) groups excluding carboxylic acids is 1. The maximum atomic E-state index is 14.1. The number of halogens is 1. The van der Waals surface area contributed by atoms with Gasteiger partial charge in [0, 0.05) is 73.2 Å². The van der Waals surface area contributed by atoms with Crippen LogP contribution < -0.4 is 24.4 Å². The van der Waals surface area contributed by atoms with Gasteiger partial charge in [0.05, 0.1) is 68.6 Å². The highest BCUT2D eigenvalue weighted by Crippen LogP contribution is 2.44. The van der Waals surface area contributed by atoms with Gasteiger partial charge in [-0.1, -0.05) is 43.2 Å². The van der Waals surface area contributed by atoms with E-state index in [2.05, 4.69) is 60.1 Å². The fraction of sp³-hybridized carbons (Fsp3) is 0.404. The Labute approximate surface area is 394 Å². The number of nitro benzene ring substituents is 1. The number of hydrogen-bond acceptors (Lipinski definition) is 14. The van der Waals surface area contributed by atoms with E-state index in [4.69, 9.17) is 25.8 Å². The molecule has 2 saturated heterocycles. The summed E-state index contributed by atoms with van der Waals surface area (Å²) in [5, 5.41) is 16.9. The third-order valence-corrected chi connectivity index (χ3v) is 16.6. The molecular weight excluding hydrogens is 920 g/mol. The van der Waals surface area contributed by atoms with Crippen molar-refractivity contribution in [2.45, 2.75) is 50.5 Å². The van der Waals surface area contributed by atoms with E-state index in [1.807, 2.05) is 18.2 Å². The van der Waals surface area contributed by atoms with Crippen LogP contribution in [0.15, 0.2) is 94.0 Å². The number of sulfonamides is 1. The number of ether oxygens (including phenoxy) is 3. The Balaban J connectivity index is 0.924. The molecule has 2 aromatic heterocycles. The molecule has 354 valence electrons. The molecular formula is C47H53ClN8O9S2. The molecule has 0 spiro atoms. The van der Waals surface area contributed by atoms with Gasteiger partial charge in [-0.05, 0) is 78.6 Å². The Morgan fingerprint density at radius 2 is 1.85 bits per heavy atom. The molecule has 17 nitrogen and oxygen atoms in total. The Bertz CT molecular complexity index is 2970. The number of nitro groups is 1. The van der Waals surface area contributed by atoms with E-state index in [1.165, 1.54) is 29.0 Å². The summed E-state index contributed by atoms with van der Waals surface area (Å²) in [5.41, 5.74) is 5.07. The lowest BCUT2D eigenvalue weighted by molar-refractivity contribution is -0.384. The van der Waals surface area contributed by atoms with Crippen molar-refractivity contribution in [1.29, 1.82) is 0 Å². The second-order valence-corrected chi connectivity index (χ2v) is 22.9. The Hall–Kier alpha value is -5.73. The molecule has 4 aliphatic rings. The number of anilines is 2. The fourth-order valence-corrected chi connectivity index (χ4v) is 11.8. The van der Waals surface area contributed by atoms with Crippen LogP contribution in [0.3, 0.4) is 0 Å². The van der Waals surface area contributed by atoms with Crippen molar-refractivity contribution in [3.63, 3.8) is 0 Å². The van der Waals surface area contributed by atoms with Crippen LogP contribution in [-0.4, -0.2) is 115 Å². The van der Waals surface area contributed by atoms with Gasteiger partial charge in [0.1, 0.15) is 23.8 Å². The first-order valence-electron chi connectivity index (χ1n) is 22.3. The van der Waals surface area contributed by atoms with Gasteiger partial charge in [-0.25, -0.2) is 26.7 Å². The number of rotatable bonds is 13. The zero-order valence-electron chi connectivity index (χ0n) is 37.3. The second kappa shape index (κ2) is 19.1. The highest BCUT2D eigenvalue weighted by atomic mass is 35.5. The minimum Gasteiger partial charge on any atom is -0.489 e. The lowest BCUT2D eigenvalue weighted by Gasteiger charge is -2.39. The van der Waals surface area contributed by atoms with Crippen LogP contribution in [0.1, 0.15) is 55.5 Å². The summed E-state index contributed by atoms with van der Waals surface area (Å²) in [7, 11) is -7.07. The first kappa shape index (κ1) is 46.4. The first-order chi connectivity index (χ1) is 32.1. The van der Waals surface area contributed by atoms with Crippen molar-refractivity contribution in [3.05, 3.63) is 111 Å². The Kier molecular flexibility index (Phi) is 13.2. The molecule has 67 heavy (non-hydrogen) atoms. The number of hydrogen-bond donors (Lipinski definition) is 3. The highest BCUT2D eigenvalue weighted by molar-refractivity contribution is 7.93. The summed E-state index contributed by atoms with van der Waals surface area (Å²) in [6.45, 7) is 9.58.